The van der Waals surface area contributed by atoms with Gasteiger partial charge in [-0.1, -0.05) is 0 Å². The molecule has 1 aliphatic heterocycles. The molecular formula is C21H22N4O2. The Bertz CT molecular complexity index is 960. The molecule has 2 aromatic heterocycles. The first-order valence-corrected chi connectivity index (χ1v) is 9.01. The first-order chi connectivity index (χ1) is 13.1. The summed E-state index contributed by atoms with van der Waals surface area (Å²) >= 11 is 0. The van der Waals surface area contributed by atoms with Crippen LogP contribution in [0.1, 0.15) is 22.5 Å². The number of fused-ring (bicyclic) bond motifs is 1. The molecule has 1 aromatic carbocycles. The fourth-order valence-corrected chi connectivity index (χ4v) is 3.38. The third-order valence-corrected chi connectivity index (χ3v) is 4.70. The van der Waals surface area contributed by atoms with Gasteiger partial charge in [-0.3, -0.25) is 14.9 Å². The molecule has 0 saturated carbocycles. The lowest BCUT2D eigenvalue weighted by atomic mass is 10.0. The summed E-state index contributed by atoms with van der Waals surface area (Å²) in [5.41, 5.74) is 5.49. The molecule has 0 saturated heterocycles. The van der Waals surface area contributed by atoms with Gasteiger partial charge in [-0.25, -0.2) is 4.98 Å². The number of hydrogen-bond donors (Lipinski definition) is 1. The van der Waals surface area contributed by atoms with Crippen LogP contribution in [0.3, 0.4) is 0 Å². The van der Waals surface area contributed by atoms with E-state index in [0.29, 0.717) is 18.9 Å². The molecule has 0 unspecified atom stereocenters. The number of nitrogens with zero attached hydrogens (tertiary/aromatic N) is 4. The van der Waals surface area contributed by atoms with E-state index in [1.165, 1.54) is 5.56 Å². The summed E-state index contributed by atoms with van der Waals surface area (Å²) in [6.45, 7) is 6.66. The molecule has 6 nitrogen and oxygen atoms in total. The van der Waals surface area contributed by atoms with E-state index in [1.54, 1.807) is 24.7 Å². The van der Waals surface area contributed by atoms with Crippen LogP contribution in [0.4, 0.5) is 0 Å². The standard InChI is InChI=1S/C21H22N4O2/c1-14-11-23-15(2)20(24-14)17-9-18-13-25(12-16-3-5-22-6-4-16)7-8-27-21(18)19(26)10-17/h3-6,9-11,26H,7-8,12-13H2,1-2H3. The number of aryl methyl sites for hydroxylation is 2. The topological polar surface area (TPSA) is 71.4 Å². The summed E-state index contributed by atoms with van der Waals surface area (Å²) < 4.78 is 5.85. The van der Waals surface area contributed by atoms with Crippen molar-refractivity contribution in [3.8, 4) is 22.8 Å². The number of hydrogen-bond acceptors (Lipinski definition) is 6. The average Bonchev–Trinajstić information content (AvgIpc) is 2.86. The smallest absolute Gasteiger partial charge is 0.165 e. The van der Waals surface area contributed by atoms with Gasteiger partial charge in [0.15, 0.2) is 11.5 Å². The Labute approximate surface area is 158 Å². The summed E-state index contributed by atoms with van der Waals surface area (Å²) in [7, 11) is 0. The van der Waals surface area contributed by atoms with Gasteiger partial charge in [0.1, 0.15) is 6.61 Å². The first-order valence-electron chi connectivity index (χ1n) is 9.01. The van der Waals surface area contributed by atoms with Crippen molar-refractivity contribution >= 4 is 0 Å². The molecule has 1 aliphatic rings. The van der Waals surface area contributed by atoms with Gasteiger partial charge in [0.25, 0.3) is 0 Å². The summed E-state index contributed by atoms with van der Waals surface area (Å²) in [5, 5.41) is 10.6. The van der Waals surface area contributed by atoms with E-state index in [2.05, 4.69) is 25.9 Å². The van der Waals surface area contributed by atoms with Crippen LogP contribution in [-0.2, 0) is 13.1 Å². The molecule has 138 valence electrons. The van der Waals surface area contributed by atoms with Crippen LogP contribution in [0, 0.1) is 13.8 Å². The summed E-state index contributed by atoms with van der Waals surface area (Å²) in [6, 6.07) is 7.81. The van der Waals surface area contributed by atoms with Gasteiger partial charge in [-0.15, -0.1) is 0 Å². The minimum atomic E-state index is 0.149. The quantitative estimate of drug-likeness (QED) is 0.771. The molecule has 4 rings (SSSR count). The zero-order valence-corrected chi connectivity index (χ0v) is 15.5. The molecule has 0 bridgehead atoms. The minimum Gasteiger partial charge on any atom is -0.504 e. The largest absolute Gasteiger partial charge is 0.504 e. The molecular weight excluding hydrogens is 340 g/mol. The summed E-state index contributed by atoms with van der Waals surface area (Å²) in [6.07, 6.45) is 5.36. The SMILES string of the molecule is Cc1cnc(C)c(-c2cc(O)c3c(c2)CN(Cc2ccncc2)CCO3)n1. The summed E-state index contributed by atoms with van der Waals surface area (Å²) in [5.74, 6) is 0.713. The third-order valence-electron chi connectivity index (χ3n) is 4.70. The molecule has 0 atom stereocenters. The van der Waals surface area contributed by atoms with Gasteiger partial charge < -0.3 is 9.84 Å². The minimum absolute atomic E-state index is 0.149. The highest BCUT2D eigenvalue weighted by molar-refractivity contribution is 5.67. The van der Waals surface area contributed by atoms with E-state index in [9.17, 15) is 5.11 Å². The number of pyridine rings is 1. The molecule has 27 heavy (non-hydrogen) atoms. The third kappa shape index (κ3) is 3.75. The highest BCUT2D eigenvalue weighted by atomic mass is 16.5. The van der Waals surface area contributed by atoms with Crippen molar-refractivity contribution in [2.24, 2.45) is 0 Å². The second-order valence-corrected chi connectivity index (χ2v) is 6.84. The lowest BCUT2D eigenvalue weighted by molar-refractivity contribution is 0.217. The maximum Gasteiger partial charge on any atom is 0.165 e. The second-order valence-electron chi connectivity index (χ2n) is 6.84. The number of phenols is 1. The maximum absolute atomic E-state index is 10.6. The van der Waals surface area contributed by atoms with Gasteiger partial charge in [0, 0.05) is 49.4 Å². The van der Waals surface area contributed by atoms with Crippen molar-refractivity contribution in [2.45, 2.75) is 26.9 Å². The predicted octanol–water partition coefficient (Wildman–Crippen LogP) is 3.26. The van der Waals surface area contributed by atoms with Crippen LogP contribution in [0.2, 0.25) is 0 Å². The average molecular weight is 362 g/mol. The number of benzene rings is 1. The lowest BCUT2D eigenvalue weighted by Crippen LogP contribution is -2.25. The van der Waals surface area contributed by atoms with Gasteiger partial charge in [-0.2, -0.15) is 0 Å². The zero-order valence-electron chi connectivity index (χ0n) is 15.5. The van der Waals surface area contributed by atoms with Crippen LogP contribution in [0.25, 0.3) is 11.3 Å². The van der Waals surface area contributed by atoms with Crippen LogP contribution in [0.5, 0.6) is 11.5 Å². The van der Waals surface area contributed by atoms with Crippen molar-refractivity contribution in [1.29, 1.82) is 0 Å². The van der Waals surface area contributed by atoms with Crippen LogP contribution < -0.4 is 4.74 Å². The highest BCUT2D eigenvalue weighted by Crippen LogP contribution is 2.37. The fraction of sp³-hybridized carbons (Fsp3) is 0.286. The zero-order chi connectivity index (χ0) is 18.8. The number of aromatic nitrogens is 3. The molecule has 0 radical (unpaired) electrons. The van der Waals surface area contributed by atoms with E-state index < -0.39 is 0 Å². The van der Waals surface area contributed by atoms with Crippen molar-refractivity contribution < 1.29 is 9.84 Å². The molecule has 0 amide bonds. The highest BCUT2D eigenvalue weighted by Gasteiger charge is 2.21. The molecule has 0 fully saturated rings. The Balaban J connectivity index is 1.68. The number of aromatic hydroxyl groups is 1. The predicted molar refractivity (Wildman–Crippen MR) is 102 cm³/mol. The van der Waals surface area contributed by atoms with Crippen molar-refractivity contribution in [2.75, 3.05) is 13.2 Å². The van der Waals surface area contributed by atoms with Gasteiger partial charge in [-0.05, 0) is 43.7 Å². The van der Waals surface area contributed by atoms with Crippen molar-refractivity contribution in [3.63, 3.8) is 0 Å². The van der Waals surface area contributed by atoms with E-state index in [1.807, 2.05) is 26.0 Å². The van der Waals surface area contributed by atoms with Crippen molar-refractivity contribution in [3.05, 3.63) is 65.4 Å². The normalized spacial score (nSPS) is 14.3. The van der Waals surface area contributed by atoms with E-state index >= 15 is 0 Å². The van der Waals surface area contributed by atoms with Crippen molar-refractivity contribution in [1.82, 2.24) is 19.9 Å². The molecule has 0 aliphatic carbocycles. The Morgan fingerprint density at radius 1 is 1.19 bits per heavy atom. The molecule has 0 spiro atoms. The van der Waals surface area contributed by atoms with Crippen LogP contribution in [-0.4, -0.2) is 38.1 Å². The Kier molecular flexibility index (Phi) is 4.73. The number of rotatable bonds is 3. The number of ether oxygens (including phenoxy) is 1. The Morgan fingerprint density at radius 3 is 2.81 bits per heavy atom. The van der Waals surface area contributed by atoms with Crippen LogP contribution in [0.15, 0.2) is 42.9 Å². The monoisotopic (exact) mass is 362 g/mol. The van der Waals surface area contributed by atoms with Gasteiger partial charge in [0.2, 0.25) is 0 Å². The number of phenolic OH excluding ortho intramolecular Hbond substituents is 1. The maximum atomic E-state index is 10.6. The summed E-state index contributed by atoms with van der Waals surface area (Å²) in [4.78, 5) is 15.4. The van der Waals surface area contributed by atoms with Gasteiger partial charge >= 0.3 is 0 Å². The van der Waals surface area contributed by atoms with Gasteiger partial charge in [0.05, 0.1) is 17.1 Å². The van der Waals surface area contributed by atoms with E-state index in [4.69, 9.17) is 4.74 Å². The lowest BCUT2D eigenvalue weighted by Gasteiger charge is -2.19. The van der Waals surface area contributed by atoms with E-state index in [-0.39, 0.29) is 5.75 Å². The van der Waals surface area contributed by atoms with E-state index in [0.717, 1.165) is 41.3 Å². The Morgan fingerprint density at radius 2 is 2.00 bits per heavy atom. The first kappa shape index (κ1) is 17.4. The van der Waals surface area contributed by atoms with Crippen LogP contribution >= 0.6 is 0 Å². The molecule has 3 aromatic rings. The second kappa shape index (κ2) is 7.32. The molecule has 3 heterocycles. The fourth-order valence-electron chi connectivity index (χ4n) is 3.38. The Hall–Kier alpha value is -2.99. The molecule has 6 heteroatoms. The molecule has 1 N–H and O–H groups in total.